The highest BCUT2D eigenvalue weighted by Gasteiger charge is 2.30. The molecule has 1 aliphatic heterocycles. The first-order chi connectivity index (χ1) is 11.5. The topological polar surface area (TPSA) is 75.4 Å². The van der Waals surface area contributed by atoms with Crippen molar-refractivity contribution in [1.29, 1.82) is 0 Å². The van der Waals surface area contributed by atoms with Crippen molar-refractivity contribution in [3.8, 4) is 0 Å². The summed E-state index contributed by atoms with van der Waals surface area (Å²) in [5.41, 5.74) is 7.26. The van der Waals surface area contributed by atoms with Gasteiger partial charge in [-0.1, -0.05) is 44.2 Å². The third-order valence-corrected chi connectivity index (χ3v) is 4.69. The van der Waals surface area contributed by atoms with E-state index in [1.165, 1.54) is 0 Å². The van der Waals surface area contributed by atoms with Gasteiger partial charge in [0.2, 0.25) is 11.8 Å². The molecule has 5 nitrogen and oxygen atoms in total. The summed E-state index contributed by atoms with van der Waals surface area (Å²) in [5.74, 6) is -0.135. The minimum absolute atomic E-state index is 0. The molecule has 2 amide bonds. The molecule has 0 spiro atoms. The summed E-state index contributed by atoms with van der Waals surface area (Å²) in [6.07, 6.45) is 3.22. The maximum atomic E-state index is 12.8. The molecule has 25 heavy (non-hydrogen) atoms. The van der Waals surface area contributed by atoms with Crippen LogP contribution < -0.4 is 11.1 Å². The minimum Gasteiger partial charge on any atom is -0.352 e. The third-order valence-electron chi connectivity index (χ3n) is 4.69. The maximum Gasteiger partial charge on any atom is 0.227 e. The van der Waals surface area contributed by atoms with Crippen LogP contribution in [-0.4, -0.2) is 35.8 Å². The van der Waals surface area contributed by atoms with Crippen LogP contribution in [0.25, 0.3) is 0 Å². The number of nitrogens with one attached hydrogen (secondary N) is 1. The lowest BCUT2D eigenvalue weighted by Crippen LogP contribution is -2.51. The van der Waals surface area contributed by atoms with E-state index < -0.39 is 0 Å². The van der Waals surface area contributed by atoms with Gasteiger partial charge in [0.15, 0.2) is 0 Å². The van der Waals surface area contributed by atoms with Gasteiger partial charge in [-0.2, -0.15) is 0 Å². The summed E-state index contributed by atoms with van der Waals surface area (Å²) in [7, 11) is 0. The molecule has 0 bridgehead atoms. The minimum atomic E-state index is -0.311. The van der Waals surface area contributed by atoms with Crippen LogP contribution in [0.3, 0.4) is 0 Å². The first-order valence-electron chi connectivity index (χ1n) is 8.91. The molecule has 3 unspecified atom stereocenters. The molecule has 0 radical (unpaired) electrons. The predicted octanol–water partition coefficient (Wildman–Crippen LogP) is 2.65. The number of benzene rings is 1. The van der Waals surface area contributed by atoms with Crippen molar-refractivity contribution in [2.24, 2.45) is 11.7 Å². The summed E-state index contributed by atoms with van der Waals surface area (Å²) in [5, 5.41) is 3.04. The molecule has 1 fully saturated rings. The van der Waals surface area contributed by atoms with Crippen LogP contribution in [0.2, 0.25) is 0 Å². The maximum absolute atomic E-state index is 12.8. The molecule has 0 aromatic heterocycles. The fourth-order valence-corrected chi connectivity index (χ4v) is 3.23. The van der Waals surface area contributed by atoms with Crippen molar-refractivity contribution in [3.05, 3.63) is 35.9 Å². The number of nitrogens with two attached hydrogens (primary N) is 1. The van der Waals surface area contributed by atoms with Crippen molar-refractivity contribution < 1.29 is 9.59 Å². The lowest BCUT2D eigenvalue weighted by Gasteiger charge is -2.35. The fourth-order valence-electron chi connectivity index (χ4n) is 3.23. The second-order valence-electron chi connectivity index (χ2n) is 6.67. The van der Waals surface area contributed by atoms with Gasteiger partial charge in [-0.15, -0.1) is 12.4 Å². The SMILES string of the molecule is CCCC(=O)NC1CCCN(C(=O)C(C)C(N)c2ccccc2)C1.Cl. The number of carbonyl (C=O) groups is 2. The summed E-state index contributed by atoms with van der Waals surface area (Å²) >= 11 is 0. The Hall–Kier alpha value is -1.59. The van der Waals surface area contributed by atoms with Crippen LogP contribution in [0, 0.1) is 5.92 Å². The number of hydrogen-bond acceptors (Lipinski definition) is 3. The van der Waals surface area contributed by atoms with Gasteiger partial charge >= 0.3 is 0 Å². The largest absolute Gasteiger partial charge is 0.352 e. The highest BCUT2D eigenvalue weighted by molar-refractivity contribution is 5.85. The number of amides is 2. The number of rotatable bonds is 6. The van der Waals surface area contributed by atoms with Crippen molar-refractivity contribution in [2.45, 2.75) is 51.6 Å². The van der Waals surface area contributed by atoms with Gasteiger partial charge in [-0.3, -0.25) is 9.59 Å². The zero-order chi connectivity index (χ0) is 17.5. The van der Waals surface area contributed by atoms with Crippen LogP contribution in [0.4, 0.5) is 0 Å². The summed E-state index contributed by atoms with van der Waals surface area (Å²) in [6, 6.07) is 9.48. The standard InChI is InChI=1S/C19H29N3O2.ClH/c1-3-8-17(23)21-16-11-7-12-22(13-16)19(24)14(2)18(20)15-9-5-4-6-10-15;/h4-6,9-10,14,16,18H,3,7-8,11-13,20H2,1-2H3,(H,21,23);1H. The van der Waals surface area contributed by atoms with E-state index in [0.29, 0.717) is 13.0 Å². The van der Waals surface area contributed by atoms with E-state index in [1.54, 1.807) is 0 Å². The molecule has 6 heteroatoms. The number of carbonyl (C=O) groups excluding carboxylic acids is 2. The molecule has 1 aromatic rings. The zero-order valence-corrected chi connectivity index (χ0v) is 15.9. The third kappa shape index (κ3) is 6.01. The van der Waals surface area contributed by atoms with Crippen molar-refractivity contribution >= 4 is 24.2 Å². The average Bonchev–Trinajstić information content (AvgIpc) is 2.61. The summed E-state index contributed by atoms with van der Waals surface area (Å²) in [6.45, 7) is 5.20. The molecular weight excluding hydrogens is 338 g/mol. The molecule has 140 valence electrons. The Balaban J connectivity index is 0.00000312. The van der Waals surface area contributed by atoms with Gasteiger partial charge in [0.05, 0.1) is 5.92 Å². The molecule has 3 N–H and O–H groups in total. The Morgan fingerprint density at radius 1 is 1.32 bits per heavy atom. The number of hydrogen-bond donors (Lipinski definition) is 2. The first-order valence-corrected chi connectivity index (χ1v) is 8.91. The normalized spacial score (nSPS) is 19.5. The van der Waals surface area contributed by atoms with E-state index in [1.807, 2.05) is 49.1 Å². The molecule has 0 aliphatic carbocycles. The van der Waals surface area contributed by atoms with Crippen LogP contribution >= 0.6 is 12.4 Å². The zero-order valence-electron chi connectivity index (χ0n) is 15.1. The smallest absolute Gasteiger partial charge is 0.227 e. The predicted molar refractivity (Wildman–Crippen MR) is 102 cm³/mol. The number of nitrogens with zero attached hydrogens (tertiary/aromatic N) is 1. The lowest BCUT2D eigenvalue weighted by molar-refractivity contribution is -0.137. The highest BCUT2D eigenvalue weighted by Crippen LogP contribution is 2.23. The lowest BCUT2D eigenvalue weighted by atomic mass is 9.93. The van der Waals surface area contributed by atoms with E-state index in [4.69, 9.17) is 5.73 Å². The Morgan fingerprint density at radius 3 is 2.64 bits per heavy atom. The Bertz CT molecular complexity index is 553. The van der Waals surface area contributed by atoms with Gasteiger partial charge in [-0.25, -0.2) is 0 Å². The van der Waals surface area contributed by atoms with Gasteiger partial charge in [0.1, 0.15) is 0 Å². The monoisotopic (exact) mass is 367 g/mol. The average molecular weight is 368 g/mol. The molecule has 0 saturated carbocycles. The summed E-state index contributed by atoms with van der Waals surface area (Å²) in [4.78, 5) is 26.4. The number of piperidine rings is 1. The quantitative estimate of drug-likeness (QED) is 0.811. The van der Waals surface area contributed by atoms with E-state index in [-0.39, 0.29) is 42.2 Å². The van der Waals surface area contributed by atoms with E-state index >= 15 is 0 Å². The molecule has 1 aromatic carbocycles. The Kier molecular flexibility index (Phi) is 8.93. The van der Waals surface area contributed by atoms with Crippen molar-refractivity contribution in [3.63, 3.8) is 0 Å². The fraction of sp³-hybridized carbons (Fsp3) is 0.579. The van der Waals surface area contributed by atoms with Crippen LogP contribution in [0.15, 0.2) is 30.3 Å². The number of likely N-dealkylation sites (tertiary alicyclic amines) is 1. The Morgan fingerprint density at radius 2 is 2.00 bits per heavy atom. The van der Waals surface area contributed by atoms with Gasteiger partial charge < -0.3 is 16.0 Å². The molecule has 1 heterocycles. The molecule has 3 atom stereocenters. The van der Waals surface area contributed by atoms with E-state index in [2.05, 4.69) is 5.32 Å². The first kappa shape index (κ1) is 21.5. The van der Waals surface area contributed by atoms with Crippen LogP contribution in [0.1, 0.15) is 51.1 Å². The second kappa shape index (κ2) is 10.4. The van der Waals surface area contributed by atoms with E-state index in [9.17, 15) is 9.59 Å². The molecule has 2 rings (SSSR count). The van der Waals surface area contributed by atoms with Crippen molar-refractivity contribution in [2.75, 3.05) is 13.1 Å². The molecule has 1 saturated heterocycles. The second-order valence-corrected chi connectivity index (χ2v) is 6.67. The van der Waals surface area contributed by atoms with Crippen molar-refractivity contribution in [1.82, 2.24) is 10.2 Å². The van der Waals surface area contributed by atoms with Crippen LogP contribution in [0.5, 0.6) is 0 Å². The van der Waals surface area contributed by atoms with Gasteiger partial charge in [0, 0.05) is 31.6 Å². The van der Waals surface area contributed by atoms with E-state index in [0.717, 1.165) is 31.4 Å². The molecular formula is C19H30ClN3O2. The van der Waals surface area contributed by atoms with Gasteiger partial charge in [-0.05, 0) is 24.8 Å². The summed E-state index contributed by atoms with van der Waals surface area (Å²) < 4.78 is 0. The molecule has 1 aliphatic rings. The Labute approximate surface area is 156 Å². The number of halogens is 1. The highest BCUT2D eigenvalue weighted by atomic mass is 35.5. The van der Waals surface area contributed by atoms with Crippen LogP contribution in [-0.2, 0) is 9.59 Å². The van der Waals surface area contributed by atoms with Gasteiger partial charge in [0.25, 0.3) is 0 Å².